The van der Waals surface area contributed by atoms with Crippen molar-refractivity contribution < 1.29 is 13.3 Å². The molecule has 28 heavy (non-hydrogen) atoms. The van der Waals surface area contributed by atoms with Crippen molar-refractivity contribution in [2.75, 3.05) is 6.54 Å². The zero-order chi connectivity index (χ0) is 20.6. The van der Waals surface area contributed by atoms with E-state index in [4.69, 9.17) is 15.8 Å². The summed E-state index contributed by atoms with van der Waals surface area (Å²) in [7, 11) is 0. The van der Waals surface area contributed by atoms with Gasteiger partial charge in [0.15, 0.2) is 0 Å². The lowest BCUT2D eigenvalue weighted by Gasteiger charge is -2.11. The highest BCUT2D eigenvalue weighted by Crippen LogP contribution is 2.32. The molecule has 0 saturated heterocycles. The third kappa shape index (κ3) is 3.89. The largest absolute Gasteiger partial charge is 0.389 e. The molecule has 150 valence electrons. The van der Waals surface area contributed by atoms with E-state index >= 15 is 0 Å². The molecule has 2 unspecified atom stereocenters. The van der Waals surface area contributed by atoms with Crippen LogP contribution < -0.4 is 8.91 Å². The molecule has 0 saturated carbocycles. The minimum atomic E-state index is -1.74. The Balaban J connectivity index is 1.70. The van der Waals surface area contributed by atoms with E-state index < -0.39 is 16.2 Å². The van der Waals surface area contributed by atoms with Crippen molar-refractivity contribution >= 4 is 34.2 Å². The van der Waals surface area contributed by atoms with Crippen LogP contribution >= 0.6 is 11.6 Å². The van der Waals surface area contributed by atoms with Crippen LogP contribution in [0.3, 0.4) is 0 Å². The van der Waals surface area contributed by atoms with E-state index in [2.05, 4.69) is 14.8 Å². The van der Waals surface area contributed by atoms with Gasteiger partial charge in [-0.1, -0.05) is 30.7 Å². The Hall–Kier alpha value is -2.43. The number of fused-ring (bicyclic) bond motifs is 1. The van der Waals surface area contributed by atoms with Crippen molar-refractivity contribution in [3.63, 3.8) is 0 Å². The molecular weight excluding hydrogens is 406 g/mol. The van der Waals surface area contributed by atoms with Crippen LogP contribution in [-0.4, -0.2) is 30.3 Å². The van der Waals surface area contributed by atoms with Crippen LogP contribution in [0.4, 0.5) is 5.69 Å². The van der Waals surface area contributed by atoms with Gasteiger partial charge in [0.05, 0.1) is 10.5 Å². The number of aromatic nitrogens is 3. The third-order valence-corrected chi connectivity index (χ3v) is 5.59. The monoisotopic (exact) mass is 425 g/mol. The maximum Gasteiger partial charge on any atom is 0.319 e. The first-order chi connectivity index (χ1) is 13.2. The number of hydrogen-bond acceptors (Lipinski definition) is 5. The number of halogens is 1. The van der Waals surface area contributed by atoms with Gasteiger partial charge in [0, 0.05) is 12.5 Å². The highest BCUT2D eigenvalue weighted by Gasteiger charge is 2.27. The van der Waals surface area contributed by atoms with Crippen molar-refractivity contribution in [2.24, 2.45) is 0 Å². The first kappa shape index (κ1) is 20.3. The third-order valence-electron chi connectivity index (χ3n) is 4.40. The maximum atomic E-state index is 12.2. The zero-order valence-electron chi connectivity index (χ0n) is 15.8. The van der Waals surface area contributed by atoms with Crippen LogP contribution in [0.1, 0.15) is 35.4 Å². The maximum absolute atomic E-state index is 12.2. The molecule has 0 spiro atoms. The summed E-state index contributed by atoms with van der Waals surface area (Å²) < 4.78 is 21.8. The molecule has 0 aliphatic rings. The van der Waals surface area contributed by atoms with Gasteiger partial charge < -0.3 is 4.18 Å². The lowest BCUT2D eigenvalue weighted by molar-refractivity contribution is -0.383. The van der Waals surface area contributed by atoms with Crippen LogP contribution in [0.25, 0.3) is 5.65 Å². The molecule has 0 aliphatic carbocycles. The average Bonchev–Trinajstić information content (AvgIpc) is 3.15. The van der Waals surface area contributed by atoms with Crippen LogP contribution in [0.5, 0.6) is 5.75 Å². The molecule has 9 nitrogen and oxygen atoms in total. The van der Waals surface area contributed by atoms with E-state index in [1.807, 2.05) is 39.0 Å². The lowest BCUT2D eigenvalue weighted by Crippen LogP contribution is -2.26. The number of aryl methyl sites for hydroxylation is 2. The fraction of sp³-hybridized carbons (Fsp3) is 0.353. The molecular formula is C17H20ClN5O4S. The Kier molecular flexibility index (Phi) is 5.73. The highest BCUT2D eigenvalue weighted by molar-refractivity contribution is 7.78. The SMILES string of the molecule is Cc1ccc(C)c(OS(=O)NCC(C)c2nc3c([N+](=O)[O-])c(C)c(Cl)n3[nH]2)c1. The normalized spacial score (nSPS) is 13.6. The Morgan fingerprint density at radius 2 is 2.14 bits per heavy atom. The van der Waals surface area contributed by atoms with Crippen molar-refractivity contribution in [1.29, 1.82) is 0 Å². The van der Waals surface area contributed by atoms with Gasteiger partial charge in [0.25, 0.3) is 11.3 Å². The predicted molar refractivity (Wildman–Crippen MR) is 107 cm³/mol. The molecule has 0 radical (unpaired) electrons. The Bertz CT molecular complexity index is 1080. The van der Waals surface area contributed by atoms with Crippen LogP contribution in [0, 0.1) is 30.9 Å². The molecule has 0 bridgehead atoms. The number of nitro groups is 1. The molecule has 11 heteroatoms. The summed E-state index contributed by atoms with van der Waals surface area (Å²) in [6, 6.07) is 5.67. The molecule has 0 fully saturated rings. The van der Waals surface area contributed by atoms with Gasteiger partial charge in [0.2, 0.25) is 5.65 Å². The summed E-state index contributed by atoms with van der Waals surface area (Å²) in [5.74, 6) is 0.807. The summed E-state index contributed by atoms with van der Waals surface area (Å²) >= 11 is 4.41. The van der Waals surface area contributed by atoms with Gasteiger partial charge >= 0.3 is 5.69 Å². The topological polar surface area (TPSA) is 115 Å². The number of rotatable bonds is 7. The Labute approximate surface area is 169 Å². The fourth-order valence-electron chi connectivity index (χ4n) is 2.73. The van der Waals surface area contributed by atoms with Crippen LogP contribution in [0.2, 0.25) is 5.15 Å². The summed E-state index contributed by atoms with van der Waals surface area (Å²) in [6.45, 7) is 7.49. The molecule has 2 atom stereocenters. The minimum Gasteiger partial charge on any atom is -0.389 e. The number of H-pyrrole nitrogens is 1. The molecule has 0 aliphatic heterocycles. The van der Waals surface area contributed by atoms with Crippen LogP contribution in [0.15, 0.2) is 18.2 Å². The lowest BCUT2D eigenvalue weighted by atomic mass is 10.1. The second-order valence-corrected chi connectivity index (χ2v) is 7.91. The molecule has 2 heterocycles. The second-order valence-electron chi connectivity index (χ2n) is 6.63. The Morgan fingerprint density at radius 1 is 1.43 bits per heavy atom. The molecule has 0 amide bonds. The van der Waals surface area contributed by atoms with Crippen molar-refractivity contribution in [3.8, 4) is 5.75 Å². The van der Waals surface area contributed by atoms with Gasteiger partial charge in [-0.05, 0) is 38.0 Å². The van der Waals surface area contributed by atoms with E-state index in [0.29, 0.717) is 17.1 Å². The fourth-order valence-corrected chi connectivity index (χ4v) is 3.73. The van der Waals surface area contributed by atoms with Gasteiger partial charge in [-0.25, -0.2) is 14.2 Å². The van der Waals surface area contributed by atoms with Gasteiger partial charge in [0.1, 0.15) is 16.7 Å². The zero-order valence-corrected chi connectivity index (χ0v) is 17.3. The molecule has 1 aromatic carbocycles. The number of benzene rings is 1. The summed E-state index contributed by atoms with van der Waals surface area (Å²) in [5.41, 5.74) is 2.26. The first-order valence-corrected chi connectivity index (χ1v) is 9.96. The number of nitrogens with zero attached hydrogens (tertiary/aromatic N) is 3. The van der Waals surface area contributed by atoms with Crippen molar-refractivity contribution in [2.45, 2.75) is 33.6 Å². The van der Waals surface area contributed by atoms with Gasteiger partial charge in [-0.3, -0.25) is 15.2 Å². The Morgan fingerprint density at radius 3 is 2.82 bits per heavy atom. The minimum absolute atomic E-state index is 0.130. The summed E-state index contributed by atoms with van der Waals surface area (Å²) in [4.78, 5) is 15.1. The highest BCUT2D eigenvalue weighted by atomic mass is 35.5. The van der Waals surface area contributed by atoms with E-state index in [9.17, 15) is 14.3 Å². The smallest absolute Gasteiger partial charge is 0.319 e. The molecule has 2 N–H and O–H groups in total. The van der Waals surface area contributed by atoms with E-state index in [1.165, 1.54) is 4.52 Å². The van der Waals surface area contributed by atoms with E-state index in [0.717, 1.165) is 11.1 Å². The van der Waals surface area contributed by atoms with Gasteiger partial charge in [-0.15, -0.1) is 0 Å². The standard InChI is InChI=1S/C17H20ClN5O4S/c1-9-5-6-10(2)13(7-9)27-28(26)19-8-11(3)16-20-17-14(23(24)25)12(4)15(18)22(17)21-16/h5-7,11,19H,8H2,1-4H3,(H,20,21). The van der Waals surface area contributed by atoms with Crippen molar-refractivity contribution in [1.82, 2.24) is 19.3 Å². The average molecular weight is 426 g/mol. The molecule has 3 rings (SSSR count). The first-order valence-electron chi connectivity index (χ1n) is 8.50. The number of hydrogen-bond donors (Lipinski definition) is 2. The second kappa shape index (κ2) is 7.90. The van der Waals surface area contributed by atoms with E-state index in [-0.39, 0.29) is 29.0 Å². The van der Waals surface area contributed by atoms with Crippen LogP contribution in [-0.2, 0) is 11.3 Å². The summed E-state index contributed by atoms with van der Waals surface area (Å²) in [5, 5.41) is 14.4. The molecule has 2 aromatic heterocycles. The summed E-state index contributed by atoms with van der Waals surface area (Å²) in [6.07, 6.45) is 0. The predicted octanol–water partition coefficient (Wildman–Crippen LogP) is 3.50. The van der Waals surface area contributed by atoms with Crippen molar-refractivity contribution in [3.05, 3.63) is 56.0 Å². The van der Waals surface area contributed by atoms with Gasteiger partial charge in [-0.2, -0.15) is 4.21 Å². The number of nitrogens with one attached hydrogen (secondary N) is 2. The number of aromatic amines is 1. The molecule has 3 aromatic rings. The van der Waals surface area contributed by atoms with E-state index in [1.54, 1.807) is 6.92 Å². The quantitative estimate of drug-likeness (QED) is 0.444.